The van der Waals surface area contributed by atoms with Crippen LogP contribution in [-0.4, -0.2) is 29.4 Å². The highest BCUT2D eigenvalue weighted by molar-refractivity contribution is 7.90. The van der Waals surface area contributed by atoms with E-state index >= 15 is 0 Å². The molecule has 0 heterocycles. The maximum Gasteiger partial charge on any atom is 0.337 e. The van der Waals surface area contributed by atoms with E-state index in [4.69, 9.17) is 14.3 Å². The third-order valence-electron chi connectivity index (χ3n) is 5.99. The molecule has 0 aromatic heterocycles. The molecule has 166 valence electrons. The zero-order chi connectivity index (χ0) is 22.1. The lowest BCUT2D eigenvalue weighted by atomic mass is 9.50. The molecule has 0 amide bonds. The van der Waals surface area contributed by atoms with E-state index in [-0.39, 0.29) is 16.0 Å². The van der Waals surface area contributed by atoms with E-state index in [1.165, 1.54) is 13.2 Å². The molecule has 8 heteroatoms. The molecule has 31 heavy (non-hydrogen) atoms. The second-order valence-electron chi connectivity index (χ2n) is 8.46. The largest absolute Gasteiger partial charge is 0.465 e. The molecule has 2 aromatic rings. The van der Waals surface area contributed by atoms with Gasteiger partial charge >= 0.3 is 5.97 Å². The lowest BCUT2D eigenvalue weighted by molar-refractivity contribution is -0.0311. The van der Waals surface area contributed by atoms with Gasteiger partial charge in [0.05, 0.1) is 18.4 Å². The van der Waals surface area contributed by atoms with E-state index in [2.05, 4.69) is 17.0 Å². The van der Waals surface area contributed by atoms with Crippen LogP contribution in [-0.2, 0) is 14.7 Å². The fourth-order valence-corrected chi connectivity index (χ4v) is 5.93. The molecule has 3 fully saturated rings. The SMILES string of the molecule is CCCCNc1cc(C(=O)OC)cc(S(=N)(=O)NC23CC(C2)C3)c1Oc1ccccc1. The van der Waals surface area contributed by atoms with Crippen molar-refractivity contribution >= 4 is 21.6 Å². The number of carbonyl (C=O) groups excluding carboxylic acids is 1. The Hall–Kier alpha value is -2.58. The zero-order valence-electron chi connectivity index (χ0n) is 17.9. The third-order valence-corrected chi connectivity index (χ3v) is 7.64. The molecule has 1 atom stereocenters. The van der Waals surface area contributed by atoms with Crippen LogP contribution in [0.25, 0.3) is 0 Å². The van der Waals surface area contributed by atoms with E-state index in [1.807, 2.05) is 18.2 Å². The van der Waals surface area contributed by atoms with Gasteiger partial charge in [0.15, 0.2) is 5.75 Å². The van der Waals surface area contributed by atoms with Gasteiger partial charge in [-0.1, -0.05) is 31.5 Å². The number of rotatable bonds is 10. The highest BCUT2D eigenvalue weighted by atomic mass is 32.2. The summed E-state index contributed by atoms with van der Waals surface area (Å²) in [6.07, 6.45) is 4.73. The summed E-state index contributed by atoms with van der Waals surface area (Å²) in [5, 5.41) is 3.30. The van der Waals surface area contributed by atoms with Gasteiger partial charge in [-0.2, -0.15) is 0 Å². The van der Waals surface area contributed by atoms with E-state index in [9.17, 15) is 9.00 Å². The van der Waals surface area contributed by atoms with Crippen molar-refractivity contribution in [3.8, 4) is 11.5 Å². The topological polar surface area (TPSA) is 101 Å². The van der Waals surface area contributed by atoms with Gasteiger partial charge in [-0.3, -0.25) is 0 Å². The van der Waals surface area contributed by atoms with E-state index in [0.717, 1.165) is 32.1 Å². The summed E-state index contributed by atoms with van der Waals surface area (Å²) in [5.41, 5.74) is 0.524. The molecule has 2 aromatic carbocycles. The maximum atomic E-state index is 13.7. The molecule has 3 saturated carbocycles. The van der Waals surface area contributed by atoms with Crippen molar-refractivity contribution in [1.82, 2.24) is 4.72 Å². The second kappa shape index (κ2) is 8.51. The summed E-state index contributed by atoms with van der Waals surface area (Å²) >= 11 is 0. The first-order chi connectivity index (χ1) is 14.9. The summed E-state index contributed by atoms with van der Waals surface area (Å²) in [6, 6.07) is 12.3. The number of anilines is 1. The predicted molar refractivity (Wildman–Crippen MR) is 120 cm³/mol. The monoisotopic (exact) mass is 443 g/mol. The van der Waals surface area contributed by atoms with Gasteiger partial charge in [0.1, 0.15) is 20.6 Å². The molecule has 1 unspecified atom stereocenters. The number of unbranched alkanes of at least 4 members (excludes halogenated alkanes) is 1. The van der Waals surface area contributed by atoms with Crippen LogP contribution in [0.4, 0.5) is 5.69 Å². The van der Waals surface area contributed by atoms with Crippen LogP contribution in [0, 0.1) is 10.7 Å². The van der Waals surface area contributed by atoms with Crippen LogP contribution in [0.1, 0.15) is 49.4 Å². The third kappa shape index (κ3) is 4.41. The Balaban J connectivity index is 1.79. The molecule has 7 nitrogen and oxygen atoms in total. The smallest absolute Gasteiger partial charge is 0.337 e. The standard InChI is InChI=1S/C23H29N3O4S/c1-3-4-10-25-19-11-17(22(27)29-2)12-20(21(19)30-18-8-6-5-7-9-18)31(24,28)26-23-13-16(14-23)15-23/h5-9,11-12,16,25H,3-4,10,13-15H2,1-2H3,(H2,24,26,28). The van der Waals surface area contributed by atoms with Crippen LogP contribution < -0.4 is 14.8 Å². The van der Waals surface area contributed by atoms with Gasteiger partial charge in [0.2, 0.25) is 0 Å². The highest BCUT2D eigenvalue weighted by Crippen LogP contribution is 2.57. The van der Waals surface area contributed by atoms with Crippen molar-refractivity contribution in [3.63, 3.8) is 0 Å². The Morgan fingerprint density at radius 1 is 1.23 bits per heavy atom. The van der Waals surface area contributed by atoms with E-state index in [0.29, 0.717) is 29.6 Å². The van der Waals surface area contributed by atoms with Crippen molar-refractivity contribution in [3.05, 3.63) is 48.0 Å². The Bertz CT molecular complexity index is 1050. The number of para-hydroxylation sites is 1. The lowest BCUT2D eigenvalue weighted by Gasteiger charge is -2.61. The van der Waals surface area contributed by atoms with Crippen LogP contribution in [0.2, 0.25) is 0 Å². The lowest BCUT2D eigenvalue weighted by Crippen LogP contribution is -2.67. The zero-order valence-corrected chi connectivity index (χ0v) is 18.7. The van der Waals surface area contributed by atoms with Gasteiger partial charge in [-0.15, -0.1) is 0 Å². The molecule has 0 spiro atoms. The number of nitrogens with one attached hydrogen (secondary N) is 3. The van der Waals surface area contributed by atoms with Gasteiger partial charge in [-0.05, 0) is 55.9 Å². The average Bonchev–Trinajstić information content (AvgIpc) is 2.71. The normalized spacial score (nSPS) is 23.1. The Morgan fingerprint density at radius 2 is 1.94 bits per heavy atom. The maximum absolute atomic E-state index is 13.7. The minimum absolute atomic E-state index is 0.156. The van der Waals surface area contributed by atoms with Crippen molar-refractivity contribution in [1.29, 1.82) is 4.78 Å². The van der Waals surface area contributed by atoms with Crippen molar-refractivity contribution < 1.29 is 18.5 Å². The first-order valence-corrected chi connectivity index (χ1v) is 12.2. The summed E-state index contributed by atoms with van der Waals surface area (Å²) in [7, 11) is -2.13. The molecular weight excluding hydrogens is 414 g/mol. The summed E-state index contributed by atoms with van der Waals surface area (Å²) < 4.78 is 36.6. The first kappa shape index (κ1) is 21.6. The number of ether oxygens (including phenoxy) is 2. The van der Waals surface area contributed by atoms with E-state index < -0.39 is 15.9 Å². The molecule has 5 rings (SSSR count). The van der Waals surface area contributed by atoms with Crippen LogP contribution >= 0.6 is 0 Å². The summed E-state index contributed by atoms with van der Waals surface area (Å²) in [6.45, 7) is 2.74. The van der Waals surface area contributed by atoms with Gasteiger partial charge < -0.3 is 14.8 Å². The number of hydrogen-bond acceptors (Lipinski definition) is 6. The molecule has 3 N–H and O–H groups in total. The fraction of sp³-hybridized carbons (Fsp3) is 0.435. The highest BCUT2D eigenvalue weighted by Gasteiger charge is 2.58. The fourth-order valence-electron chi connectivity index (χ4n) is 4.26. The molecule has 0 radical (unpaired) electrons. The quantitative estimate of drug-likeness (QED) is 0.357. The van der Waals surface area contributed by atoms with E-state index in [1.54, 1.807) is 18.2 Å². The average molecular weight is 444 g/mol. The van der Waals surface area contributed by atoms with Gasteiger partial charge in [0.25, 0.3) is 0 Å². The molecule has 2 bridgehead atoms. The molecule has 0 saturated heterocycles. The van der Waals surface area contributed by atoms with Crippen molar-refractivity contribution in [2.75, 3.05) is 19.0 Å². The minimum Gasteiger partial charge on any atom is -0.465 e. The van der Waals surface area contributed by atoms with Gasteiger partial charge in [0, 0.05) is 12.1 Å². The predicted octanol–water partition coefficient (Wildman–Crippen LogP) is 4.94. The molecule has 3 aliphatic carbocycles. The number of carbonyl (C=O) groups is 1. The van der Waals surface area contributed by atoms with Crippen molar-refractivity contribution in [2.24, 2.45) is 5.92 Å². The number of methoxy groups -OCH3 is 1. The second-order valence-corrected chi connectivity index (χ2v) is 10.2. The van der Waals surface area contributed by atoms with Crippen LogP contribution in [0.15, 0.2) is 47.4 Å². The molecular formula is C23H29N3O4S. The minimum atomic E-state index is -3.43. The Kier molecular flexibility index (Phi) is 5.94. The first-order valence-electron chi connectivity index (χ1n) is 10.7. The van der Waals surface area contributed by atoms with Crippen LogP contribution in [0.3, 0.4) is 0 Å². The van der Waals surface area contributed by atoms with Gasteiger partial charge in [-0.25, -0.2) is 18.5 Å². The van der Waals surface area contributed by atoms with Crippen LogP contribution in [0.5, 0.6) is 11.5 Å². The number of hydrogen-bond donors (Lipinski definition) is 3. The summed E-state index contributed by atoms with van der Waals surface area (Å²) in [5.74, 6) is 0.991. The Labute approximate surface area is 183 Å². The Morgan fingerprint density at radius 3 is 2.52 bits per heavy atom. The molecule has 0 aliphatic heterocycles. The summed E-state index contributed by atoms with van der Waals surface area (Å²) in [4.78, 5) is 12.5. The number of benzene rings is 2. The molecule has 3 aliphatic rings. The number of esters is 1. The van der Waals surface area contributed by atoms with Crippen molar-refractivity contribution in [2.45, 2.75) is 49.5 Å².